The lowest BCUT2D eigenvalue weighted by Crippen LogP contribution is -2.43. The number of amides is 2. The normalized spacial score (nSPS) is 9.62. The molecule has 6 heteroatoms. The first-order chi connectivity index (χ1) is 7.63. The Balaban J connectivity index is 2.47. The van der Waals surface area contributed by atoms with Gasteiger partial charge in [0.1, 0.15) is 12.4 Å². The van der Waals surface area contributed by atoms with E-state index < -0.39 is 17.6 Å². The molecule has 1 aromatic carbocycles. The molecular weight excluding hydrogens is 215 g/mol. The highest BCUT2D eigenvalue weighted by atomic mass is 19.1. The number of hydrogen-bond acceptors (Lipinski definition) is 3. The number of hydrazine groups is 1. The standard InChI is InChI=1S/C10H11FN2O3/c1-16-6-9(14)12-13-10(15)7-2-4-8(11)5-3-7/h2-5H,6H2,1H3,(H,12,14)(H,13,15). The van der Waals surface area contributed by atoms with Gasteiger partial charge in [0.25, 0.3) is 11.8 Å². The van der Waals surface area contributed by atoms with E-state index in [0.717, 1.165) is 12.1 Å². The maximum atomic E-state index is 12.5. The monoisotopic (exact) mass is 226 g/mol. The van der Waals surface area contributed by atoms with Crippen LogP contribution in [0.4, 0.5) is 4.39 Å². The molecule has 0 bridgehead atoms. The Kier molecular flexibility index (Phi) is 4.41. The third-order valence-corrected chi connectivity index (χ3v) is 1.70. The molecule has 0 aliphatic carbocycles. The molecule has 2 N–H and O–H groups in total. The van der Waals surface area contributed by atoms with E-state index in [0.29, 0.717) is 0 Å². The maximum absolute atomic E-state index is 12.5. The van der Waals surface area contributed by atoms with Crippen molar-refractivity contribution in [2.24, 2.45) is 0 Å². The molecule has 0 aromatic heterocycles. The number of nitrogens with one attached hydrogen (secondary N) is 2. The molecule has 0 atom stereocenters. The Morgan fingerprint density at radius 1 is 1.25 bits per heavy atom. The second kappa shape index (κ2) is 5.82. The molecular formula is C10H11FN2O3. The van der Waals surface area contributed by atoms with Crippen LogP contribution in [-0.4, -0.2) is 25.5 Å². The molecule has 0 aliphatic heterocycles. The Bertz CT molecular complexity index is 378. The lowest BCUT2D eigenvalue weighted by molar-refractivity contribution is -0.125. The second-order valence-corrected chi connectivity index (χ2v) is 2.94. The Morgan fingerprint density at radius 3 is 2.44 bits per heavy atom. The molecule has 5 nitrogen and oxygen atoms in total. The average Bonchev–Trinajstić information content (AvgIpc) is 2.27. The van der Waals surface area contributed by atoms with E-state index in [2.05, 4.69) is 15.6 Å². The first-order valence-electron chi connectivity index (χ1n) is 4.47. The molecule has 0 saturated heterocycles. The quantitative estimate of drug-likeness (QED) is 0.725. The summed E-state index contributed by atoms with van der Waals surface area (Å²) >= 11 is 0. The minimum atomic E-state index is -0.524. The molecule has 0 saturated carbocycles. The molecule has 1 rings (SSSR count). The minimum Gasteiger partial charge on any atom is -0.375 e. The summed E-state index contributed by atoms with van der Waals surface area (Å²) in [6, 6.07) is 4.94. The molecule has 86 valence electrons. The molecule has 0 heterocycles. The first-order valence-corrected chi connectivity index (χ1v) is 4.47. The fourth-order valence-electron chi connectivity index (χ4n) is 0.967. The average molecular weight is 226 g/mol. The zero-order chi connectivity index (χ0) is 12.0. The van der Waals surface area contributed by atoms with Gasteiger partial charge in [-0.05, 0) is 24.3 Å². The molecule has 2 amide bonds. The molecule has 16 heavy (non-hydrogen) atoms. The Hall–Kier alpha value is -1.95. The van der Waals surface area contributed by atoms with E-state index in [4.69, 9.17) is 0 Å². The van der Waals surface area contributed by atoms with Crippen molar-refractivity contribution in [1.82, 2.24) is 10.9 Å². The van der Waals surface area contributed by atoms with E-state index in [9.17, 15) is 14.0 Å². The zero-order valence-corrected chi connectivity index (χ0v) is 8.62. The predicted molar refractivity (Wildman–Crippen MR) is 53.9 cm³/mol. The molecule has 1 aromatic rings. The van der Waals surface area contributed by atoms with Crippen molar-refractivity contribution in [3.63, 3.8) is 0 Å². The molecule has 0 fully saturated rings. The summed E-state index contributed by atoms with van der Waals surface area (Å²) in [6.45, 7) is -0.149. The first kappa shape index (κ1) is 12.1. The van der Waals surface area contributed by atoms with Crippen LogP contribution in [0.3, 0.4) is 0 Å². The van der Waals surface area contributed by atoms with Gasteiger partial charge in [-0.25, -0.2) is 4.39 Å². The number of carbonyl (C=O) groups is 2. The second-order valence-electron chi connectivity index (χ2n) is 2.94. The number of benzene rings is 1. The van der Waals surface area contributed by atoms with Gasteiger partial charge in [0.15, 0.2) is 0 Å². The van der Waals surface area contributed by atoms with E-state index in [-0.39, 0.29) is 12.2 Å². The van der Waals surface area contributed by atoms with Gasteiger partial charge in [0.2, 0.25) is 0 Å². The van der Waals surface area contributed by atoms with E-state index in [1.54, 1.807) is 0 Å². The fourth-order valence-corrected chi connectivity index (χ4v) is 0.967. The number of halogens is 1. The summed E-state index contributed by atoms with van der Waals surface area (Å²) < 4.78 is 17.1. The predicted octanol–water partition coefficient (Wildman–Crippen LogP) is 0.233. The van der Waals surface area contributed by atoms with Crippen molar-refractivity contribution < 1.29 is 18.7 Å². The van der Waals surface area contributed by atoms with Crippen molar-refractivity contribution in [1.29, 1.82) is 0 Å². The highest BCUT2D eigenvalue weighted by molar-refractivity contribution is 5.95. The lowest BCUT2D eigenvalue weighted by atomic mass is 10.2. The molecule has 0 unspecified atom stereocenters. The van der Waals surface area contributed by atoms with Crippen molar-refractivity contribution in [3.8, 4) is 0 Å². The van der Waals surface area contributed by atoms with Crippen LogP contribution in [-0.2, 0) is 9.53 Å². The topological polar surface area (TPSA) is 67.4 Å². The van der Waals surface area contributed by atoms with Crippen LogP contribution in [0.2, 0.25) is 0 Å². The Morgan fingerprint density at radius 2 is 1.88 bits per heavy atom. The van der Waals surface area contributed by atoms with Gasteiger partial charge in [-0.3, -0.25) is 20.4 Å². The van der Waals surface area contributed by atoms with Gasteiger partial charge >= 0.3 is 0 Å². The van der Waals surface area contributed by atoms with Gasteiger partial charge in [-0.15, -0.1) is 0 Å². The third kappa shape index (κ3) is 3.66. The van der Waals surface area contributed by atoms with Crippen LogP contribution in [0.5, 0.6) is 0 Å². The van der Waals surface area contributed by atoms with Gasteiger partial charge < -0.3 is 4.74 Å². The maximum Gasteiger partial charge on any atom is 0.269 e. The summed E-state index contributed by atoms with van der Waals surface area (Å²) in [5.41, 5.74) is 4.55. The van der Waals surface area contributed by atoms with Crippen LogP contribution >= 0.6 is 0 Å². The van der Waals surface area contributed by atoms with Crippen molar-refractivity contribution in [2.75, 3.05) is 13.7 Å². The third-order valence-electron chi connectivity index (χ3n) is 1.70. The number of carbonyl (C=O) groups excluding carboxylic acids is 2. The van der Waals surface area contributed by atoms with Gasteiger partial charge in [0, 0.05) is 12.7 Å². The van der Waals surface area contributed by atoms with Crippen molar-refractivity contribution in [3.05, 3.63) is 35.6 Å². The fraction of sp³-hybridized carbons (Fsp3) is 0.200. The van der Waals surface area contributed by atoms with E-state index in [1.807, 2.05) is 0 Å². The lowest BCUT2D eigenvalue weighted by Gasteiger charge is -2.06. The highest BCUT2D eigenvalue weighted by Gasteiger charge is 2.06. The van der Waals surface area contributed by atoms with E-state index in [1.165, 1.54) is 19.2 Å². The molecule has 0 aliphatic rings. The largest absolute Gasteiger partial charge is 0.375 e. The minimum absolute atomic E-state index is 0.149. The summed E-state index contributed by atoms with van der Waals surface area (Å²) in [5.74, 6) is -1.43. The highest BCUT2D eigenvalue weighted by Crippen LogP contribution is 2.01. The summed E-state index contributed by atoms with van der Waals surface area (Å²) in [7, 11) is 1.36. The number of ether oxygens (including phenoxy) is 1. The van der Waals surface area contributed by atoms with Crippen LogP contribution < -0.4 is 10.9 Å². The van der Waals surface area contributed by atoms with E-state index >= 15 is 0 Å². The summed E-state index contributed by atoms with van der Waals surface area (Å²) in [6.07, 6.45) is 0. The van der Waals surface area contributed by atoms with Crippen molar-refractivity contribution in [2.45, 2.75) is 0 Å². The van der Waals surface area contributed by atoms with Gasteiger partial charge in [-0.1, -0.05) is 0 Å². The zero-order valence-electron chi connectivity index (χ0n) is 8.62. The Labute approximate surface area is 91.6 Å². The molecule has 0 spiro atoms. The summed E-state index contributed by atoms with van der Waals surface area (Å²) in [4.78, 5) is 22.3. The smallest absolute Gasteiger partial charge is 0.269 e. The summed E-state index contributed by atoms with van der Waals surface area (Å²) in [5, 5.41) is 0. The van der Waals surface area contributed by atoms with Crippen LogP contribution in [0.15, 0.2) is 24.3 Å². The number of hydrogen-bond donors (Lipinski definition) is 2. The van der Waals surface area contributed by atoms with Crippen LogP contribution in [0.25, 0.3) is 0 Å². The van der Waals surface area contributed by atoms with Gasteiger partial charge in [0.05, 0.1) is 0 Å². The van der Waals surface area contributed by atoms with Crippen molar-refractivity contribution >= 4 is 11.8 Å². The van der Waals surface area contributed by atoms with Gasteiger partial charge in [-0.2, -0.15) is 0 Å². The number of methoxy groups -OCH3 is 1. The molecule has 0 radical (unpaired) electrons. The van der Waals surface area contributed by atoms with Crippen LogP contribution in [0.1, 0.15) is 10.4 Å². The SMILES string of the molecule is COCC(=O)NNC(=O)c1ccc(F)cc1. The van der Waals surface area contributed by atoms with Crippen LogP contribution in [0, 0.1) is 5.82 Å². The number of rotatable bonds is 3.